The smallest absolute Gasteiger partial charge is 0.273 e. The highest BCUT2D eigenvalue weighted by Gasteiger charge is 2.25. The predicted octanol–water partition coefficient (Wildman–Crippen LogP) is 4.48. The van der Waals surface area contributed by atoms with Gasteiger partial charge in [-0.05, 0) is 42.7 Å². The van der Waals surface area contributed by atoms with Crippen molar-refractivity contribution in [2.75, 3.05) is 0 Å². The molecule has 0 saturated carbocycles. The molecule has 0 radical (unpaired) electrons. The molecule has 1 aromatic carbocycles. The first-order valence-electron chi connectivity index (χ1n) is 10.2. The minimum Gasteiger partial charge on any atom is -0.359 e. The lowest BCUT2D eigenvalue weighted by Gasteiger charge is -2.29. The van der Waals surface area contributed by atoms with E-state index in [-0.39, 0.29) is 30.1 Å². The lowest BCUT2D eigenvalue weighted by molar-refractivity contribution is 0.0627. The van der Waals surface area contributed by atoms with Gasteiger partial charge in [-0.3, -0.25) is 14.6 Å². The molecule has 0 spiro atoms. The molecule has 3 rings (SSSR count). The van der Waals surface area contributed by atoms with Crippen LogP contribution in [0.5, 0.6) is 0 Å². The van der Waals surface area contributed by atoms with Gasteiger partial charge < -0.3 is 14.7 Å². The van der Waals surface area contributed by atoms with Gasteiger partial charge in [-0.2, -0.15) is 0 Å². The molecule has 8 heteroatoms. The summed E-state index contributed by atoms with van der Waals surface area (Å²) >= 11 is 5.97. The van der Waals surface area contributed by atoms with Crippen LogP contribution in [0.3, 0.4) is 0 Å². The first-order chi connectivity index (χ1) is 15.0. The van der Waals surface area contributed by atoms with Crippen LogP contribution >= 0.6 is 11.6 Å². The van der Waals surface area contributed by atoms with Crippen LogP contribution in [0.1, 0.15) is 58.9 Å². The summed E-state index contributed by atoms with van der Waals surface area (Å²) in [5, 5.41) is 7.28. The number of nitrogens with one attached hydrogen (secondary N) is 1. The van der Waals surface area contributed by atoms with E-state index in [0.717, 1.165) is 18.4 Å². The van der Waals surface area contributed by atoms with E-state index in [1.807, 2.05) is 26.0 Å². The number of amides is 2. The zero-order chi connectivity index (χ0) is 22.2. The van der Waals surface area contributed by atoms with E-state index >= 15 is 0 Å². The fraction of sp³-hybridized carbons (Fsp3) is 0.304. The first kappa shape index (κ1) is 22.5. The third kappa shape index (κ3) is 5.92. The van der Waals surface area contributed by atoms with Crippen molar-refractivity contribution in [3.05, 3.63) is 82.5 Å². The number of carbonyl (C=O) groups is 2. The zero-order valence-corrected chi connectivity index (χ0v) is 18.3. The number of carbonyl (C=O) groups excluding carboxylic acids is 2. The number of nitrogens with zero attached hydrogens (tertiary/aromatic N) is 3. The van der Waals surface area contributed by atoms with E-state index in [2.05, 4.69) is 15.5 Å². The highest BCUT2D eigenvalue weighted by Crippen LogP contribution is 2.18. The second-order valence-corrected chi connectivity index (χ2v) is 7.57. The van der Waals surface area contributed by atoms with Crippen LogP contribution in [-0.4, -0.2) is 32.9 Å². The second kappa shape index (κ2) is 10.7. The maximum absolute atomic E-state index is 13.1. The quantitative estimate of drug-likeness (QED) is 0.529. The molecule has 2 heterocycles. The van der Waals surface area contributed by atoms with Gasteiger partial charge in [0.2, 0.25) is 0 Å². The van der Waals surface area contributed by atoms with Crippen LogP contribution in [0.2, 0.25) is 5.02 Å². The minimum atomic E-state index is -0.359. The van der Waals surface area contributed by atoms with Gasteiger partial charge in [-0.15, -0.1) is 0 Å². The Morgan fingerprint density at radius 1 is 1.16 bits per heavy atom. The Morgan fingerprint density at radius 3 is 2.65 bits per heavy atom. The number of benzene rings is 1. The summed E-state index contributed by atoms with van der Waals surface area (Å²) in [6.07, 6.45) is 4.77. The average molecular weight is 441 g/mol. The number of aromatic nitrogens is 2. The molecule has 0 atom stereocenters. The van der Waals surface area contributed by atoms with Crippen LogP contribution in [-0.2, 0) is 13.1 Å². The maximum Gasteiger partial charge on any atom is 0.273 e. The first-order valence-corrected chi connectivity index (χ1v) is 10.6. The van der Waals surface area contributed by atoms with E-state index in [1.165, 1.54) is 0 Å². The van der Waals surface area contributed by atoms with E-state index in [1.54, 1.807) is 47.6 Å². The van der Waals surface area contributed by atoms with Crippen molar-refractivity contribution in [1.82, 2.24) is 20.4 Å². The van der Waals surface area contributed by atoms with Crippen molar-refractivity contribution in [2.24, 2.45) is 0 Å². The molecule has 2 aromatic heterocycles. The van der Waals surface area contributed by atoms with Gasteiger partial charge in [0.25, 0.3) is 11.8 Å². The molecule has 7 nitrogen and oxygen atoms in total. The molecule has 0 aliphatic rings. The van der Waals surface area contributed by atoms with Crippen molar-refractivity contribution in [2.45, 2.75) is 45.8 Å². The summed E-state index contributed by atoms with van der Waals surface area (Å²) in [6, 6.07) is 12.3. The normalized spacial score (nSPS) is 10.8. The number of hydrogen-bond donors (Lipinski definition) is 1. The van der Waals surface area contributed by atoms with E-state index in [9.17, 15) is 9.59 Å². The molecule has 0 aliphatic heterocycles. The molecule has 0 fully saturated rings. The Morgan fingerprint density at radius 2 is 1.97 bits per heavy atom. The molecule has 0 bridgehead atoms. The molecule has 2 amide bonds. The molecule has 3 aromatic rings. The third-order valence-electron chi connectivity index (χ3n) is 5.01. The monoisotopic (exact) mass is 440 g/mol. The summed E-state index contributed by atoms with van der Waals surface area (Å²) in [4.78, 5) is 31.3. The van der Waals surface area contributed by atoms with E-state index in [0.29, 0.717) is 22.9 Å². The summed E-state index contributed by atoms with van der Waals surface area (Å²) in [7, 11) is 0. The molecule has 0 unspecified atom stereocenters. The molecule has 1 N–H and O–H groups in total. The molecular weight excluding hydrogens is 416 g/mol. The van der Waals surface area contributed by atoms with Gasteiger partial charge in [0.1, 0.15) is 0 Å². The van der Waals surface area contributed by atoms with Crippen LogP contribution in [0, 0.1) is 0 Å². The van der Waals surface area contributed by atoms with Crippen LogP contribution in [0.15, 0.2) is 59.4 Å². The lowest BCUT2D eigenvalue weighted by Crippen LogP contribution is -2.39. The molecule has 0 aliphatic carbocycles. The molecule has 0 saturated heterocycles. The van der Waals surface area contributed by atoms with Crippen LogP contribution in [0.25, 0.3) is 0 Å². The largest absolute Gasteiger partial charge is 0.359 e. The van der Waals surface area contributed by atoms with Crippen molar-refractivity contribution in [3.8, 4) is 0 Å². The number of halogens is 1. The fourth-order valence-electron chi connectivity index (χ4n) is 3.33. The van der Waals surface area contributed by atoms with Gasteiger partial charge in [0.15, 0.2) is 11.5 Å². The van der Waals surface area contributed by atoms with Crippen molar-refractivity contribution in [3.63, 3.8) is 0 Å². The Hall–Kier alpha value is -3.19. The Bertz CT molecular complexity index is 1020. The molecule has 31 heavy (non-hydrogen) atoms. The molecule has 162 valence electrons. The maximum atomic E-state index is 13.1. The highest BCUT2D eigenvalue weighted by molar-refractivity contribution is 6.30. The second-order valence-electron chi connectivity index (χ2n) is 7.14. The van der Waals surface area contributed by atoms with Gasteiger partial charge in [-0.1, -0.05) is 42.7 Å². The van der Waals surface area contributed by atoms with Crippen molar-refractivity contribution in [1.29, 1.82) is 0 Å². The number of hydrogen-bond acceptors (Lipinski definition) is 5. The average Bonchev–Trinajstić information content (AvgIpc) is 3.26. The third-order valence-corrected chi connectivity index (χ3v) is 5.25. The van der Waals surface area contributed by atoms with Gasteiger partial charge in [-0.25, -0.2) is 0 Å². The fourth-order valence-corrected chi connectivity index (χ4v) is 3.55. The van der Waals surface area contributed by atoms with Crippen molar-refractivity contribution < 1.29 is 14.1 Å². The Labute approximate surface area is 186 Å². The summed E-state index contributed by atoms with van der Waals surface area (Å²) in [5.41, 5.74) is 1.55. The summed E-state index contributed by atoms with van der Waals surface area (Å²) < 4.78 is 5.37. The van der Waals surface area contributed by atoms with E-state index in [4.69, 9.17) is 16.1 Å². The van der Waals surface area contributed by atoms with E-state index < -0.39 is 0 Å². The molecular formula is C23H25ClN4O3. The predicted molar refractivity (Wildman–Crippen MR) is 118 cm³/mol. The number of rotatable bonds is 9. The Kier molecular flexibility index (Phi) is 7.78. The lowest BCUT2D eigenvalue weighted by atomic mass is 10.1. The van der Waals surface area contributed by atoms with Gasteiger partial charge >= 0.3 is 0 Å². The SMILES string of the molecule is CCC(CC)N(Cc1cc(C(=O)NCc2cccc(Cl)c2)no1)C(=O)c1cccnc1. The van der Waals surface area contributed by atoms with Crippen LogP contribution < -0.4 is 5.32 Å². The van der Waals surface area contributed by atoms with Crippen molar-refractivity contribution >= 4 is 23.4 Å². The highest BCUT2D eigenvalue weighted by atomic mass is 35.5. The van der Waals surface area contributed by atoms with Gasteiger partial charge in [0.05, 0.1) is 12.1 Å². The van der Waals surface area contributed by atoms with Gasteiger partial charge in [0, 0.05) is 36.1 Å². The standard InChI is InChI=1S/C23H25ClN4O3/c1-3-19(4-2)28(23(30)17-8-6-10-25-14-17)15-20-12-21(27-31-20)22(29)26-13-16-7-5-9-18(24)11-16/h5-12,14,19H,3-4,13,15H2,1-2H3,(H,26,29). The minimum absolute atomic E-state index is 0.0258. The van der Waals surface area contributed by atoms with Crippen LogP contribution in [0.4, 0.5) is 0 Å². The summed E-state index contributed by atoms with van der Waals surface area (Å²) in [5.74, 6) is -0.0511. The zero-order valence-electron chi connectivity index (χ0n) is 17.5. The summed E-state index contributed by atoms with van der Waals surface area (Å²) in [6.45, 7) is 4.61. The topological polar surface area (TPSA) is 88.3 Å². The number of pyridine rings is 1. The Balaban J connectivity index is 1.70.